The number of carbonyl (C=O) groups is 2. The molecule has 0 heterocycles. The summed E-state index contributed by atoms with van der Waals surface area (Å²) in [5, 5.41) is 17.7. The van der Waals surface area contributed by atoms with Crippen molar-refractivity contribution >= 4 is 22.0 Å². The first kappa shape index (κ1) is 19.4. The van der Waals surface area contributed by atoms with Gasteiger partial charge in [0.25, 0.3) is 0 Å². The molecule has 0 aromatic heterocycles. The Labute approximate surface area is 147 Å². The topological polar surface area (TPSA) is 121 Å². The molecule has 1 saturated carbocycles. The molecule has 138 valence electrons. The maximum Gasteiger partial charge on any atom is 0.321 e. The number of aliphatic carboxylic acids is 2. The van der Waals surface area contributed by atoms with Crippen molar-refractivity contribution < 1.29 is 28.2 Å². The molecule has 0 unspecified atom stereocenters. The van der Waals surface area contributed by atoms with Crippen molar-refractivity contribution in [1.29, 1.82) is 0 Å². The molecule has 1 aromatic carbocycles. The molecule has 8 heteroatoms. The smallest absolute Gasteiger partial charge is 0.321 e. The second kappa shape index (κ2) is 8.44. The Bertz CT molecular complexity index is 707. The first-order valence-electron chi connectivity index (χ1n) is 8.36. The summed E-state index contributed by atoms with van der Waals surface area (Å²) in [6.45, 7) is 0. The summed E-state index contributed by atoms with van der Waals surface area (Å²) in [5.41, 5.74) is 1.10. The fourth-order valence-corrected chi connectivity index (χ4v) is 4.33. The van der Waals surface area contributed by atoms with Crippen LogP contribution in [0.15, 0.2) is 29.2 Å². The highest BCUT2D eigenvalue weighted by atomic mass is 32.2. The van der Waals surface area contributed by atoms with Crippen LogP contribution < -0.4 is 4.72 Å². The average Bonchev–Trinajstić information content (AvgIpc) is 2.59. The van der Waals surface area contributed by atoms with Gasteiger partial charge in [0.15, 0.2) is 0 Å². The highest BCUT2D eigenvalue weighted by molar-refractivity contribution is 7.89. The quantitative estimate of drug-likeness (QED) is 0.647. The van der Waals surface area contributed by atoms with E-state index >= 15 is 0 Å². The molecule has 0 amide bonds. The van der Waals surface area contributed by atoms with Gasteiger partial charge >= 0.3 is 11.9 Å². The van der Waals surface area contributed by atoms with Gasteiger partial charge in [-0.2, -0.15) is 4.72 Å². The van der Waals surface area contributed by atoms with Gasteiger partial charge in [0.05, 0.1) is 4.90 Å². The molecule has 1 atom stereocenters. The molecule has 0 bridgehead atoms. The molecular weight excluding hydrogens is 346 g/mol. The summed E-state index contributed by atoms with van der Waals surface area (Å²) in [6, 6.07) is 5.03. The van der Waals surface area contributed by atoms with Crippen molar-refractivity contribution in [1.82, 2.24) is 4.72 Å². The van der Waals surface area contributed by atoms with Crippen molar-refractivity contribution in [3.63, 3.8) is 0 Å². The average molecular weight is 369 g/mol. The Morgan fingerprint density at radius 3 is 2.20 bits per heavy atom. The Balaban J connectivity index is 2.09. The lowest BCUT2D eigenvalue weighted by Crippen LogP contribution is -2.41. The van der Waals surface area contributed by atoms with Crippen LogP contribution in [-0.2, 0) is 19.6 Å². The van der Waals surface area contributed by atoms with Crippen LogP contribution in [0, 0.1) is 0 Å². The van der Waals surface area contributed by atoms with Crippen LogP contribution in [0.4, 0.5) is 0 Å². The highest BCUT2D eigenvalue weighted by Gasteiger charge is 2.26. The van der Waals surface area contributed by atoms with Crippen molar-refractivity contribution in [3.05, 3.63) is 29.8 Å². The summed E-state index contributed by atoms with van der Waals surface area (Å²) in [7, 11) is -4.02. The van der Waals surface area contributed by atoms with E-state index < -0.39 is 34.4 Å². The third kappa shape index (κ3) is 5.54. The van der Waals surface area contributed by atoms with Crippen molar-refractivity contribution in [3.8, 4) is 0 Å². The standard InChI is InChI=1S/C17H23NO6S/c19-16(20)11-10-15(17(21)22)18-25(23,24)14-8-6-13(7-9-14)12-4-2-1-3-5-12/h6-9,12,15,18H,1-5,10-11H2,(H,19,20)(H,21,22)/t15-/m1/s1. The molecule has 1 aliphatic rings. The minimum absolute atomic E-state index is 0.0198. The van der Waals surface area contributed by atoms with Gasteiger partial charge in [-0.3, -0.25) is 9.59 Å². The number of carboxylic acids is 2. The van der Waals surface area contributed by atoms with E-state index in [-0.39, 0.29) is 11.3 Å². The van der Waals surface area contributed by atoms with Gasteiger partial charge in [-0.15, -0.1) is 0 Å². The molecule has 7 nitrogen and oxygen atoms in total. The largest absolute Gasteiger partial charge is 0.481 e. The van der Waals surface area contributed by atoms with Gasteiger partial charge < -0.3 is 10.2 Å². The lowest BCUT2D eigenvalue weighted by atomic mass is 9.84. The van der Waals surface area contributed by atoms with E-state index in [1.807, 2.05) is 0 Å². The number of benzene rings is 1. The van der Waals surface area contributed by atoms with Crippen LogP contribution in [0.2, 0.25) is 0 Å². The molecule has 1 aromatic rings. The number of carboxylic acid groups (broad SMARTS) is 2. The van der Waals surface area contributed by atoms with E-state index in [0.717, 1.165) is 18.4 Å². The molecule has 0 aliphatic heterocycles. The third-order valence-electron chi connectivity index (χ3n) is 4.51. The second-order valence-electron chi connectivity index (χ2n) is 6.35. The second-order valence-corrected chi connectivity index (χ2v) is 8.06. The van der Waals surface area contributed by atoms with Crippen molar-refractivity contribution in [2.45, 2.75) is 61.8 Å². The van der Waals surface area contributed by atoms with Gasteiger partial charge in [0.2, 0.25) is 10.0 Å². The van der Waals surface area contributed by atoms with Crippen LogP contribution in [0.25, 0.3) is 0 Å². The van der Waals surface area contributed by atoms with Gasteiger partial charge in [-0.25, -0.2) is 8.42 Å². The lowest BCUT2D eigenvalue weighted by molar-refractivity contribution is -0.140. The Hall–Kier alpha value is -1.93. The zero-order valence-electron chi connectivity index (χ0n) is 13.8. The number of sulfonamides is 1. The van der Waals surface area contributed by atoms with E-state index in [1.54, 1.807) is 12.1 Å². The van der Waals surface area contributed by atoms with Crippen molar-refractivity contribution in [2.24, 2.45) is 0 Å². The maximum atomic E-state index is 12.4. The monoisotopic (exact) mass is 369 g/mol. The van der Waals surface area contributed by atoms with Crippen LogP contribution in [0.3, 0.4) is 0 Å². The third-order valence-corrected chi connectivity index (χ3v) is 6.00. The summed E-state index contributed by atoms with van der Waals surface area (Å²) < 4.78 is 26.8. The first-order valence-corrected chi connectivity index (χ1v) is 9.85. The molecular formula is C17H23NO6S. The van der Waals surface area contributed by atoms with Crippen LogP contribution in [-0.4, -0.2) is 36.6 Å². The maximum absolute atomic E-state index is 12.4. The molecule has 2 rings (SSSR count). The summed E-state index contributed by atoms with van der Waals surface area (Å²) in [4.78, 5) is 21.7. The minimum Gasteiger partial charge on any atom is -0.481 e. The Kier molecular flexibility index (Phi) is 6.55. The molecule has 0 saturated heterocycles. The lowest BCUT2D eigenvalue weighted by Gasteiger charge is -2.22. The van der Waals surface area contributed by atoms with Crippen LogP contribution >= 0.6 is 0 Å². The van der Waals surface area contributed by atoms with E-state index in [0.29, 0.717) is 5.92 Å². The predicted octanol–water partition coefficient (Wildman–Crippen LogP) is 2.33. The summed E-state index contributed by atoms with van der Waals surface area (Å²) >= 11 is 0. The predicted molar refractivity (Wildman–Crippen MR) is 90.9 cm³/mol. The number of hydrogen-bond donors (Lipinski definition) is 3. The molecule has 1 fully saturated rings. The SMILES string of the molecule is O=C(O)CC[C@@H](NS(=O)(=O)c1ccc(C2CCCCC2)cc1)C(=O)O. The number of nitrogens with one attached hydrogen (secondary N) is 1. The zero-order valence-corrected chi connectivity index (χ0v) is 14.7. The van der Waals surface area contributed by atoms with Gasteiger partial charge in [-0.05, 0) is 42.9 Å². The van der Waals surface area contributed by atoms with E-state index in [2.05, 4.69) is 4.72 Å². The number of hydrogen-bond acceptors (Lipinski definition) is 4. The van der Waals surface area contributed by atoms with E-state index in [4.69, 9.17) is 10.2 Å². The van der Waals surface area contributed by atoms with Gasteiger partial charge in [-0.1, -0.05) is 31.4 Å². The first-order chi connectivity index (χ1) is 11.8. The van der Waals surface area contributed by atoms with E-state index in [1.165, 1.54) is 31.4 Å². The Morgan fingerprint density at radius 1 is 1.08 bits per heavy atom. The molecule has 0 radical (unpaired) electrons. The molecule has 1 aliphatic carbocycles. The van der Waals surface area contributed by atoms with Crippen LogP contribution in [0.5, 0.6) is 0 Å². The van der Waals surface area contributed by atoms with Gasteiger partial charge in [0.1, 0.15) is 6.04 Å². The van der Waals surface area contributed by atoms with Crippen molar-refractivity contribution in [2.75, 3.05) is 0 Å². The molecule has 3 N–H and O–H groups in total. The fourth-order valence-electron chi connectivity index (χ4n) is 3.11. The number of rotatable bonds is 8. The summed E-state index contributed by atoms with van der Waals surface area (Å²) in [5.74, 6) is -2.13. The highest BCUT2D eigenvalue weighted by Crippen LogP contribution is 2.32. The zero-order chi connectivity index (χ0) is 18.4. The molecule has 0 spiro atoms. The fraction of sp³-hybridized carbons (Fsp3) is 0.529. The normalized spacial score (nSPS) is 17.1. The van der Waals surface area contributed by atoms with Crippen LogP contribution in [0.1, 0.15) is 56.4 Å². The summed E-state index contributed by atoms with van der Waals surface area (Å²) in [6.07, 6.45) is 5.04. The minimum atomic E-state index is -4.02. The Morgan fingerprint density at radius 2 is 1.68 bits per heavy atom. The molecule has 25 heavy (non-hydrogen) atoms. The van der Waals surface area contributed by atoms with Gasteiger partial charge in [0, 0.05) is 6.42 Å². The van der Waals surface area contributed by atoms with E-state index in [9.17, 15) is 18.0 Å².